The fraction of sp³-hybridized carbons (Fsp3) is 0.133. The number of nitrogens with zero attached hydrogens (tertiary/aromatic N) is 2. The maximum absolute atomic E-state index is 11.7. The van der Waals surface area contributed by atoms with Crippen molar-refractivity contribution in [1.82, 2.24) is 15.3 Å². The quantitative estimate of drug-likeness (QED) is 0.815. The monoisotopic (exact) mass is 346 g/mol. The Morgan fingerprint density at radius 2 is 2.10 bits per heavy atom. The van der Waals surface area contributed by atoms with E-state index in [2.05, 4.69) is 43.1 Å². The van der Waals surface area contributed by atoms with Gasteiger partial charge >= 0.3 is 0 Å². The van der Waals surface area contributed by atoms with E-state index in [1.54, 1.807) is 6.08 Å². The van der Waals surface area contributed by atoms with Crippen LogP contribution in [0, 0.1) is 6.92 Å². The van der Waals surface area contributed by atoms with Crippen LogP contribution in [0.25, 0.3) is 0 Å². The van der Waals surface area contributed by atoms with Crippen LogP contribution in [0.4, 0.5) is 11.6 Å². The summed E-state index contributed by atoms with van der Waals surface area (Å²) in [5.41, 5.74) is 2.43. The summed E-state index contributed by atoms with van der Waals surface area (Å²) in [6.07, 6.45) is 4.58. The number of anilines is 2. The molecule has 0 bridgehead atoms. The average molecular weight is 347 g/mol. The molecule has 1 aromatic carbocycles. The molecule has 2 N–H and O–H groups in total. The third-order valence-electron chi connectivity index (χ3n) is 2.69. The molecular weight excluding hydrogens is 332 g/mol. The van der Waals surface area contributed by atoms with E-state index >= 15 is 0 Å². The maximum Gasteiger partial charge on any atom is 0.254 e. The maximum atomic E-state index is 11.7. The predicted molar refractivity (Wildman–Crippen MR) is 86.7 cm³/mol. The molecule has 2 rings (SSSR count). The van der Waals surface area contributed by atoms with Gasteiger partial charge in [-0.2, -0.15) is 0 Å². The number of halogens is 1. The summed E-state index contributed by atoms with van der Waals surface area (Å²) in [5.74, 6) is 0.206. The zero-order chi connectivity index (χ0) is 15.2. The lowest BCUT2D eigenvalue weighted by Crippen LogP contribution is -2.23. The van der Waals surface area contributed by atoms with Gasteiger partial charge in [-0.25, -0.2) is 9.97 Å². The van der Waals surface area contributed by atoms with Gasteiger partial charge in [-0.1, -0.05) is 12.1 Å². The first-order valence-corrected chi connectivity index (χ1v) is 7.14. The minimum atomic E-state index is -0.224. The topological polar surface area (TPSA) is 66.9 Å². The van der Waals surface area contributed by atoms with Crippen molar-refractivity contribution in [1.29, 1.82) is 0 Å². The summed E-state index contributed by atoms with van der Waals surface area (Å²) >= 11 is 3.48. The Hall–Kier alpha value is -2.21. The standard InChI is InChI=1S/C15H15BrN4O/c1-3-6-17-14(21)11-8-18-15(19-9-11)20-13-5-4-10(2)7-12(13)16/h3-5,7-9H,1,6H2,2H3,(H,17,21)(H,18,19,20). The van der Waals surface area contributed by atoms with Gasteiger partial charge in [-0.15, -0.1) is 6.58 Å². The second-order valence-corrected chi connectivity index (χ2v) is 5.26. The van der Waals surface area contributed by atoms with Crippen molar-refractivity contribution in [2.24, 2.45) is 0 Å². The molecule has 0 unspecified atom stereocenters. The van der Waals surface area contributed by atoms with Crippen molar-refractivity contribution < 1.29 is 4.79 Å². The second-order valence-electron chi connectivity index (χ2n) is 4.40. The number of nitrogens with one attached hydrogen (secondary N) is 2. The van der Waals surface area contributed by atoms with Gasteiger partial charge in [0.25, 0.3) is 5.91 Å². The van der Waals surface area contributed by atoms with Crippen LogP contribution in [0.1, 0.15) is 15.9 Å². The van der Waals surface area contributed by atoms with E-state index in [0.717, 1.165) is 15.7 Å². The van der Waals surface area contributed by atoms with Crippen LogP contribution >= 0.6 is 15.9 Å². The minimum Gasteiger partial charge on any atom is -0.348 e. The lowest BCUT2D eigenvalue weighted by molar-refractivity contribution is 0.0957. The number of aromatic nitrogens is 2. The lowest BCUT2D eigenvalue weighted by Gasteiger charge is -2.08. The number of hydrogen-bond donors (Lipinski definition) is 2. The number of carbonyl (C=O) groups excluding carboxylic acids is 1. The Morgan fingerprint density at radius 3 is 2.71 bits per heavy atom. The first kappa shape index (κ1) is 15.2. The van der Waals surface area contributed by atoms with Crippen LogP contribution in [-0.2, 0) is 0 Å². The molecule has 108 valence electrons. The van der Waals surface area contributed by atoms with Crippen molar-refractivity contribution in [3.8, 4) is 0 Å². The fourth-order valence-corrected chi connectivity index (χ4v) is 2.21. The van der Waals surface area contributed by atoms with Gasteiger partial charge in [0.15, 0.2) is 0 Å². The molecule has 0 radical (unpaired) electrons. The van der Waals surface area contributed by atoms with Crippen LogP contribution in [0.3, 0.4) is 0 Å². The van der Waals surface area contributed by atoms with Crippen molar-refractivity contribution >= 4 is 33.5 Å². The summed E-state index contributed by atoms with van der Waals surface area (Å²) in [6, 6.07) is 5.93. The number of aryl methyl sites for hydroxylation is 1. The highest BCUT2D eigenvalue weighted by molar-refractivity contribution is 9.10. The number of hydrogen-bond acceptors (Lipinski definition) is 4. The molecule has 0 saturated carbocycles. The zero-order valence-corrected chi connectivity index (χ0v) is 13.1. The smallest absolute Gasteiger partial charge is 0.254 e. The summed E-state index contributed by atoms with van der Waals surface area (Å²) < 4.78 is 0.930. The third-order valence-corrected chi connectivity index (χ3v) is 3.35. The van der Waals surface area contributed by atoms with Gasteiger partial charge in [0.1, 0.15) is 0 Å². The Morgan fingerprint density at radius 1 is 1.38 bits per heavy atom. The Bertz CT molecular complexity index is 655. The average Bonchev–Trinajstić information content (AvgIpc) is 2.48. The summed E-state index contributed by atoms with van der Waals surface area (Å²) in [6.45, 7) is 5.97. The van der Waals surface area contributed by atoms with Crippen molar-refractivity contribution in [3.63, 3.8) is 0 Å². The van der Waals surface area contributed by atoms with E-state index in [1.807, 2.05) is 25.1 Å². The van der Waals surface area contributed by atoms with Gasteiger partial charge < -0.3 is 10.6 Å². The molecule has 1 heterocycles. The van der Waals surface area contributed by atoms with Gasteiger partial charge in [0.2, 0.25) is 5.95 Å². The molecule has 0 spiro atoms. The fourth-order valence-electron chi connectivity index (χ4n) is 1.62. The molecule has 6 heteroatoms. The molecule has 0 aliphatic carbocycles. The highest BCUT2D eigenvalue weighted by Gasteiger charge is 2.07. The summed E-state index contributed by atoms with van der Waals surface area (Å²) in [4.78, 5) is 20.0. The molecule has 2 aromatic rings. The SMILES string of the molecule is C=CCNC(=O)c1cnc(Nc2ccc(C)cc2Br)nc1. The molecule has 1 aromatic heterocycles. The van der Waals surface area contributed by atoms with Crippen molar-refractivity contribution in [2.75, 3.05) is 11.9 Å². The van der Waals surface area contributed by atoms with Gasteiger partial charge in [0, 0.05) is 23.4 Å². The van der Waals surface area contributed by atoms with Gasteiger partial charge in [-0.05, 0) is 40.5 Å². The van der Waals surface area contributed by atoms with Gasteiger partial charge in [0.05, 0.1) is 11.3 Å². The highest BCUT2D eigenvalue weighted by Crippen LogP contribution is 2.25. The Balaban J connectivity index is 2.08. The van der Waals surface area contributed by atoms with E-state index in [0.29, 0.717) is 18.1 Å². The number of carbonyl (C=O) groups is 1. The molecular formula is C15H15BrN4O. The largest absolute Gasteiger partial charge is 0.348 e. The number of benzene rings is 1. The first-order chi connectivity index (χ1) is 10.1. The van der Waals surface area contributed by atoms with Crippen LogP contribution in [0.2, 0.25) is 0 Å². The second kappa shape index (κ2) is 6.99. The minimum absolute atomic E-state index is 0.224. The Labute approximate surface area is 131 Å². The number of amides is 1. The highest BCUT2D eigenvalue weighted by atomic mass is 79.9. The van der Waals surface area contributed by atoms with E-state index in [1.165, 1.54) is 12.4 Å². The van der Waals surface area contributed by atoms with E-state index in [9.17, 15) is 4.79 Å². The number of rotatable bonds is 5. The van der Waals surface area contributed by atoms with Gasteiger partial charge in [-0.3, -0.25) is 4.79 Å². The third kappa shape index (κ3) is 4.13. The normalized spacial score (nSPS) is 10.0. The molecule has 1 amide bonds. The summed E-state index contributed by atoms with van der Waals surface area (Å²) in [5, 5.41) is 5.76. The zero-order valence-electron chi connectivity index (χ0n) is 11.6. The van der Waals surface area contributed by atoms with Crippen LogP contribution in [-0.4, -0.2) is 22.4 Å². The predicted octanol–water partition coefficient (Wildman–Crippen LogP) is 3.21. The molecule has 0 aliphatic rings. The molecule has 21 heavy (non-hydrogen) atoms. The van der Waals surface area contributed by atoms with E-state index in [4.69, 9.17) is 0 Å². The Kier molecular flexibility index (Phi) is 5.05. The van der Waals surface area contributed by atoms with E-state index in [-0.39, 0.29) is 5.91 Å². The summed E-state index contributed by atoms with van der Waals surface area (Å²) in [7, 11) is 0. The van der Waals surface area contributed by atoms with Crippen molar-refractivity contribution in [3.05, 3.63) is 58.8 Å². The lowest BCUT2D eigenvalue weighted by atomic mass is 10.2. The van der Waals surface area contributed by atoms with Crippen LogP contribution in [0.5, 0.6) is 0 Å². The van der Waals surface area contributed by atoms with Crippen LogP contribution < -0.4 is 10.6 Å². The molecule has 5 nitrogen and oxygen atoms in total. The molecule has 0 atom stereocenters. The van der Waals surface area contributed by atoms with Crippen LogP contribution in [0.15, 0.2) is 47.7 Å². The molecule has 0 saturated heterocycles. The van der Waals surface area contributed by atoms with Crippen molar-refractivity contribution in [2.45, 2.75) is 6.92 Å². The first-order valence-electron chi connectivity index (χ1n) is 6.34. The van der Waals surface area contributed by atoms with E-state index < -0.39 is 0 Å². The molecule has 0 fully saturated rings. The molecule has 0 aliphatic heterocycles.